The maximum Gasteiger partial charge on any atom is 0.321 e. The maximum absolute atomic E-state index is 12.9. The largest absolute Gasteiger partial charge is 0.495 e. The van der Waals surface area contributed by atoms with Crippen LogP contribution in [-0.4, -0.2) is 87.8 Å². The first-order chi connectivity index (χ1) is 16.8. The van der Waals surface area contributed by atoms with Gasteiger partial charge < -0.3 is 15.0 Å². The summed E-state index contributed by atoms with van der Waals surface area (Å²) in [6.07, 6.45) is 4.32. The van der Waals surface area contributed by atoms with Gasteiger partial charge in [-0.25, -0.2) is 13.2 Å². The van der Waals surface area contributed by atoms with Crippen molar-refractivity contribution in [3.63, 3.8) is 0 Å². The normalized spacial score (nSPS) is 18.2. The monoisotopic (exact) mass is 536 g/mol. The lowest BCUT2D eigenvalue weighted by molar-refractivity contribution is 0.107. The quantitative estimate of drug-likeness (QED) is 0.606. The van der Waals surface area contributed by atoms with E-state index in [0.29, 0.717) is 35.5 Å². The fourth-order valence-corrected chi connectivity index (χ4v) is 6.06. The van der Waals surface area contributed by atoms with E-state index in [-0.39, 0.29) is 18.4 Å². The van der Waals surface area contributed by atoms with Crippen LogP contribution in [0.1, 0.15) is 24.8 Å². The molecule has 2 aromatic carbocycles. The van der Waals surface area contributed by atoms with Crippen LogP contribution in [0.4, 0.5) is 10.5 Å². The molecule has 10 heteroatoms. The smallest absolute Gasteiger partial charge is 0.321 e. The van der Waals surface area contributed by atoms with Crippen LogP contribution >= 0.6 is 12.4 Å². The van der Waals surface area contributed by atoms with Crippen LogP contribution in [0.25, 0.3) is 0 Å². The number of hydrogen-bond acceptors (Lipinski definition) is 6. The van der Waals surface area contributed by atoms with Crippen molar-refractivity contribution in [2.45, 2.75) is 36.7 Å². The number of carbonyl (C=O) groups is 1. The zero-order valence-corrected chi connectivity index (χ0v) is 22.7. The molecule has 198 valence electrons. The number of sulfone groups is 1. The number of anilines is 1. The lowest BCUT2D eigenvalue weighted by Crippen LogP contribution is -2.46. The molecule has 4 rings (SSSR count). The molecule has 2 amide bonds. The molecule has 0 saturated carbocycles. The van der Waals surface area contributed by atoms with Gasteiger partial charge in [-0.3, -0.25) is 9.80 Å². The first-order valence-electron chi connectivity index (χ1n) is 12.3. The van der Waals surface area contributed by atoms with Crippen LogP contribution in [0, 0.1) is 0 Å². The first-order valence-corrected chi connectivity index (χ1v) is 14.2. The van der Waals surface area contributed by atoms with E-state index in [1.807, 2.05) is 41.3 Å². The number of nitrogens with one attached hydrogen (secondary N) is 1. The van der Waals surface area contributed by atoms with Crippen molar-refractivity contribution in [2.24, 2.45) is 0 Å². The van der Waals surface area contributed by atoms with Gasteiger partial charge in [-0.1, -0.05) is 30.3 Å². The third-order valence-electron chi connectivity index (χ3n) is 7.01. The van der Waals surface area contributed by atoms with Crippen LogP contribution in [0.5, 0.6) is 5.75 Å². The zero-order chi connectivity index (χ0) is 24.8. The first kappa shape index (κ1) is 28.2. The average Bonchev–Trinajstić information content (AvgIpc) is 3.11. The van der Waals surface area contributed by atoms with Gasteiger partial charge >= 0.3 is 6.03 Å². The van der Waals surface area contributed by atoms with Crippen molar-refractivity contribution in [3.8, 4) is 5.75 Å². The summed E-state index contributed by atoms with van der Waals surface area (Å²) >= 11 is 0. The summed E-state index contributed by atoms with van der Waals surface area (Å²) in [7, 11) is -1.63. The van der Waals surface area contributed by atoms with Gasteiger partial charge in [0.2, 0.25) is 0 Å². The molecule has 0 aliphatic carbocycles. The standard InChI is InChI=1S/C26H36N4O4S.ClH/c1-34-24-10-5-4-9-23(24)27-26(31)30-15-7-14-29(18-19-30)22-12-16-28(17-13-22)20-21-8-3-6-11-25(21)35(2,32)33;/h3-6,8-11,22H,7,12-20H2,1-2H3,(H,27,31);1H. The van der Waals surface area contributed by atoms with Gasteiger partial charge in [0.15, 0.2) is 9.84 Å². The molecular weight excluding hydrogens is 500 g/mol. The molecule has 2 saturated heterocycles. The molecule has 0 aromatic heterocycles. The van der Waals surface area contributed by atoms with E-state index in [9.17, 15) is 13.2 Å². The number of ether oxygens (including phenoxy) is 1. The second kappa shape index (κ2) is 12.8. The predicted octanol–water partition coefficient (Wildman–Crippen LogP) is 3.72. The van der Waals surface area contributed by atoms with Gasteiger partial charge in [0.1, 0.15) is 5.75 Å². The van der Waals surface area contributed by atoms with Gasteiger partial charge in [0.05, 0.1) is 17.7 Å². The molecule has 2 aromatic rings. The second-order valence-corrected chi connectivity index (χ2v) is 11.4. The highest BCUT2D eigenvalue weighted by Crippen LogP contribution is 2.25. The van der Waals surface area contributed by atoms with Gasteiger partial charge in [0, 0.05) is 45.0 Å². The molecule has 0 radical (unpaired) electrons. The van der Waals surface area contributed by atoms with E-state index >= 15 is 0 Å². The van der Waals surface area contributed by atoms with Crippen LogP contribution in [0.3, 0.4) is 0 Å². The Balaban J connectivity index is 0.00000361. The average molecular weight is 537 g/mol. The molecule has 0 unspecified atom stereocenters. The van der Waals surface area contributed by atoms with Gasteiger partial charge in [-0.15, -0.1) is 12.4 Å². The highest BCUT2D eigenvalue weighted by Gasteiger charge is 2.28. The van der Waals surface area contributed by atoms with Gasteiger partial charge in [-0.05, 0) is 56.1 Å². The van der Waals surface area contributed by atoms with E-state index in [0.717, 1.165) is 57.5 Å². The SMILES string of the molecule is COc1ccccc1NC(=O)N1CCCN(C2CCN(Cc3ccccc3S(C)(=O)=O)CC2)CC1.Cl. The summed E-state index contributed by atoms with van der Waals surface area (Å²) in [5, 5.41) is 2.99. The van der Waals surface area contributed by atoms with Crippen LogP contribution < -0.4 is 10.1 Å². The minimum Gasteiger partial charge on any atom is -0.495 e. The summed E-state index contributed by atoms with van der Waals surface area (Å²) in [5.74, 6) is 0.656. The number of halogens is 1. The van der Waals surface area contributed by atoms with E-state index in [2.05, 4.69) is 15.1 Å². The number of benzene rings is 2. The Bertz CT molecular complexity index is 1120. The van der Waals surface area contributed by atoms with Crippen LogP contribution in [-0.2, 0) is 16.4 Å². The summed E-state index contributed by atoms with van der Waals surface area (Å²) in [6.45, 7) is 5.82. The fraction of sp³-hybridized carbons (Fsp3) is 0.500. The third-order valence-corrected chi connectivity index (χ3v) is 8.20. The molecule has 2 aliphatic heterocycles. The number of para-hydroxylation sites is 2. The summed E-state index contributed by atoms with van der Waals surface area (Å²) in [6, 6.07) is 15.2. The number of amides is 2. The number of rotatable bonds is 6. The molecular formula is C26H37ClN4O4S. The van der Waals surface area contributed by atoms with E-state index < -0.39 is 9.84 Å². The third kappa shape index (κ3) is 7.12. The van der Waals surface area contributed by atoms with E-state index in [4.69, 9.17) is 4.74 Å². The molecule has 0 spiro atoms. The van der Waals surface area contributed by atoms with Crippen molar-refractivity contribution in [2.75, 3.05) is 58.0 Å². The Kier molecular flexibility index (Phi) is 10.0. The molecule has 2 fully saturated rings. The summed E-state index contributed by atoms with van der Waals surface area (Å²) in [4.78, 5) is 20.1. The Hall–Kier alpha value is -2.33. The Morgan fingerprint density at radius 3 is 2.39 bits per heavy atom. The van der Waals surface area contributed by atoms with Crippen molar-refractivity contribution in [1.29, 1.82) is 0 Å². The Morgan fingerprint density at radius 1 is 0.972 bits per heavy atom. The summed E-state index contributed by atoms with van der Waals surface area (Å²) in [5.41, 5.74) is 1.56. The number of likely N-dealkylation sites (tertiary alicyclic amines) is 1. The Morgan fingerprint density at radius 2 is 1.67 bits per heavy atom. The van der Waals surface area contributed by atoms with Crippen LogP contribution in [0.15, 0.2) is 53.4 Å². The van der Waals surface area contributed by atoms with Crippen molar-refractivity contribution in [3.05, 3.63) is 54.1 Å². The molecule has 2 heterocycles. The fourth-order valence-electron chi connectivity index (χ4n) is 5.13. The van der Waals surface area contributed by atoms with E-state index in [1.54, 1.807) is 19.2 Å². The maximum atomic E-state index is 12.9. The van der Waals surface area contributed by atoms with Crippen molar-refractivity contribution >= 4 is 34.0 Å². The highest BCUT2D eigenvalue weighted by molar-refractivity contribution is 7.90. The number of methoxy groups -OCH3 is 1. The van der Waals surface area contributed by atoms with E-state index in [1.165, 1.54) is 6.26 Å². The number of nitrogens with zero attached hydrogens (tertiary/aromatic N) is 3. The highest BCUT2D eigenvalue weighted by atomic mass is 35.5. The van der Waals surface area contributed by atoms with Crippen molar-refractivity contribution in [1.82, 2.24) is 14.7 Å². The molecule has 0 bridgehead atoms. The molecule has 36 heavy (non-hydrogen) atoms. The number of piperidine rings is 1. The molecule has 1 N–H and O–H groups in total. The summed E-state index contributed by atoms with van der Waals surface area (Å²) < 4.78 is 29.6. The number of urea groups is 1. The lowest BCUT2D eigenvalue weighted by atomic mass is 10.0. The van der Waals surface area contributed by atoms with Gasteiger partial charge in [0.25, 0.3) is 0 Å². The number of hydrogen-bond donors (Lipinski definition) is 1. The number of carbonyl (C=O) groups excluding carboxylic acids is 1. The van der Waals surface area contributed by atoms with Gasteiger partial charge in [-0.2, -0.15) is 0 Å². The molecule has 8 nitrogen and oxygen atoms in total. The predicted molar refractivity (Wildman–Crippen MR) is 145 cm³/mol. The zero-order valence-electron chi connectivity index (χ0n) is 21.1. The topological polar surface area (TPSA) is 82.2 Å². The minimum absolute atomic E-state index is 0. The lowest BCUT2D eigenvalue weighted by Gasteiger charge is -2.38. The molecule has 2 aliphatic rings. The van der Waals surface area contributed by atoms with Crippen molar-refractivity contribution < 1.29 is 17.9 Å². The van der Waals surface area contributed by atoms with Crippen LogP contribution in [0.2, 0.25) is 0 Å². The molecule has 0 atom stereocenters. The Labute approximate surface area is 220 Å². The minimum atomic E-state index is -3.23. The second-order valence-electron chi connectivity index (χ2n) is 9.39.